The van der Waals surface area contributed by atoms with Gasteiger partial charge in [0.05, 0.1) is 6.10 Å². The van der Waals surface area contributed by atoms with E-state index in [9.17, 15) is 31.9 Å². The van der Waals surface area contributed by atoms with Crippen LogP contribution < -0.4 is 0 Å². The lowest BCUT2D eigenvalue weighted by atomic mass is 9.43. The summed E-state index contributed by atoms with van der Waals surface area (Å²) in [5.41, 5.74) is 0.0950. The first-order valence-electron chi connectivity index (χ1n) is 14.4. The van der Waals surface area contributed by atoms with E-state index in [1.807, 2.05) is 0 Å². The fourth-order valence-corrected chi connectivity index (χ4v) is 9.55. The molecule has 4 aliphatic carbocycles. The van der Waals surface area contributed by atoms with Crippen molar-refractivity contribution in [2.75, 3.05) is 6.61 Å². The molecule has 4 aliphatic rings. The zero-order valence-electron chi connectivity index (χ0n) is 23.4. The fraction of sp³-hybridized carbons (Fsp3) is 0.929. The number of ether oxygens (including phenoxy) is 2. The van der Waals surface area contributed by atoms with Gasteiger partial charge >= 0.3 is 27.3 Å². The van der Waals surface area contributed by atoms with Gasteiger partial charge in [-0.15, -0.1) is 0 Å². The summed E-state index contributed by atoms with van der Waals surface area (Å²) in [5, 5.41) is 5.86. The van der Waals surface area contributed by atoms with Crippen LogP contribution in [-0.4, -0.2) is 54.1 Å². The van der Waals surface area contributed by atoms with Crippen LogP contribution >= 0.6 is 0 Å². The Labute approximate surface area is 230 Å². The van der Waals surface area contributed by atoms with Gasteiger partial charge in [-0.2, -0.15) is 17.2 Å². The first-order valence-corrected chi connectivity index (χ1v) is 15.8. The largest absolute Gasteiger partial charge is 0.462 e. The van der Waals surface area contributed by atoms with Crippen molar-refractivity contribution in [3.05, 3.63) is 0 Å². The summed E-state index contributed by atoms with van der Waals surface area (Å²) in [4.78, 5) is 24.3. The summed E-state index contributed by atoms with van der Waals surface area (Å²) in [6.07, 6.45) is 7.16. The van der Waals surface area contributed by atoms with Crippen LogP contribution in [0, 0.1) is 46.3 Å². The van der Waals surface area contributed by atoms with Gasteiger partial charge in [-0.1, -0.05) is 20.8 Å². The van der Waals surface area contributed by atoms with Gasteiger partial charge in [0.1, 0.15) is 6.10 Å². The highest BCUT2D eigenvalue weighted by molar-refractivity contribution is 7.86. The van der Waals surface area contributed by atoms with Crippen LogP contribution in [0.3, 0.4) is 0 Å². The minimum Gasteiger partial charge on any atom is -0.462 e. The number of aliphatic hydroxyl groups excluding tert-OH is 1. The lowest BCUT2D eigenvalue weighted by Gasteiger charge is -2.62. The molecule has 4 rings (SSSR count). The van der Waals surface area contributed by atoms with E-state index < -0.39 is 27.9 Å². The molecule has 0 amide bonds. The molecule has 0 aromatic heterocycles. The topological polar surface area (TPSA) is 127 Å². The van der Waals surface area contributed by atoms with Crippen molar-refractivity contribution < 1.29 is 45.9 Å². The second-order valence-corrected chi connectivity index (χ2v) is 14.9. The van der Waals surface area contributed by atoms with Gasteiger partial charge in [-0.25, -0.2) is 0 Å². The number of fused-ring (bicyclic) bond motifs is 5. The highest BCUT2D eigenvalue weighted by Crippen LogP contribution is 2.68. The number of alkyl halides is 2. The van der Waals surface area contributed by atoms with Crippen molar-refractivity contribution in [2.45, 2.75) is 109 Å². The predicted molar refractivity (Wildman–Crippen MR) is 138 cm³/mol. The number of aliphatic hydroxyl groups is 1. The summed E-state index contributed by atoms with van der Waals surface area (Å²) in [5.74, 6) is 0.557. The first-order chi connectivity index (χ1) is 18.0. The SMILES string of the molecule is CC(=O)O[C@H]1CC2C[C@H](O)CC[C@]2(C)[C@H]2CC[C@]3(C)[C@@H]([C@H](C)CCC(=O)OCC(F)(F)S(=O)(=O)O)CC[C@H]3[C@H]12. The first kappa shape index (κ1) is 30.6. The van der Waals surface area contributed by atoms with E-state index in [1.165, 1.54) is 6.92 Å². The van der Waals surface area contributed by atoms with Gasteiger partial charge in [0.15, 0.2) is 6.61 Å². The van der Waals surface area contributed by atoms with Crippen molar-refractivity contribution in [3.63, 3.8) is 0 Å². The van der Waals surface area contributed by atoms with Crippen molar-refractivity contribution in [2.24, 2.45) is 46.3 Å². The summed E-state index contributed by atoms with van der Waals surface area (Å²) in [7, 11) is -5.65. The molecule has 0 aromatic rings. The van der Waals surface area contributed by atoms with Crippen LogP contribution in [0.1, 0.15) is 91.9 Å². The summed E-state index contributed by atoms with van der Waals surface area (Å²) in [6.45, 7) is 6.51. The monoisotopic (exact) mass is 578 g/mol. The normalized spacial score (nSPS) is 41.1. The molecule has 0 radical (unpaired) electrons. The molecule has 4 saturated carbocycles. The smallest absolute Gasteiger partial charge is 0.402 e. The number of halogens is 2. The van der Waals surface area contributed by atoms with E-state index in [-0.39, 0.29) is 47.3 Å². The van der Waals surface area contributed by atoms with Gasteiger partial charge in [0.25, 0.3) is 0 Å². The average molecular weight is 579 g/mol. The quantitative estimate of drug-likeness (QED) is 0.305. The van der Waals surface area contributed by atoms with Crippen LogP contribution in [0.15, 0.2) is 0 Å². The van der Waals surface area contributed by atoms with Crippen molar-refractivity contribution in [1.82, 2.24) is 0 Å². The third-order valence-electron chi connectivity index (χ3n) is 11.3. The zero-order valence-corrected chi connectivity index (χ0v) is 24.2. The van der Waals surface area contributed by atoms with Crippen LogP contribution in [0.2, 0.25) is 0 Å². The maximum Gasteiger partial charge on any atom is 0.402 e. The molecule has 2 N–H and O–H groups in total. The van der Waals surface area contributed by atoms with Crippen molar-refractivity contribution in [3.8, 4) is 0 Å². The number of rotatable bonds is 8. The third kappa shape index (κ3) is 5.73. The lowest BCUT2D eigenvalue weighted by molar-refractivity contribution is -0.194. The van der Waals surface area contributed by atoms with Gasteiger partial charge in [-0.3, -0.25) is 14.1 Å². The molecule has 10 atom stereocenters. The summed E-state index contributed by atoms with van der Waals surface area (Å²) in [6, 6.07) is 0. The minimum atomic E-state index is -5.65. The molecule has 8 nitrogen and oxygen atoms in total. The second kappa shape index (κ2) is 10.8. The molecule has 224 valence electrons. The molecule has 0 bridgehead atoms. The molecule has 0 aliphatic heterocycles. The van der Waals surface area contributed by atoms with Gasteiger partial charge in [0.2, 0.25) is 0 Å². The minimum absolute atomic E-state index is 0.0156. The maximum atomic E-state index is 13.4. The van der Waals surface area contributed by atoms with Crippen LogP contribution in [-0.2, 0) is 29.2 Å². The molecule has 4 fully saturated rings. The van der Waals surface area contributed by atoms with Crippen LogP contribution in [0.4, 0.5) is 8.78 Å². The standard InChI is InChI=1S/C28H44F2O8S/c1-16(5-8-24(33)37-15-28(29,30)39(34,35)36)20-6-7-21-25-22(10-12-27(20,21)4)26(3)11-9-19(32)13-18(26)14-23(25)38-17(2)31/h16,18-23,25,32H,5-15H2,1-4H3,(H,34,35,36)/t16-,18?,19-,20-,21+,22+,23+,25+,26+,27-/m1/s1. The van der Waals surface area contributed by atoms with Crippen LogP contribution in [0.5, 0.6) is 0 Å². The molecule has 39 heavy (non-hydrogen) atoms. The Hall–Kier alpha value is -1.33. The molecule has 0 spiro atoms. The Morgan fingerprint density at radius 1 is 1.05 bits per heavy atom. The number of carbonyl (C=O) groups excluding carboxylic acids is 2. The molecule has 11 heteroatoms. The molecule has 0 aromatic carbocycles. The van der Waals surface area contributed by atoms with Crippen molar-refractivity contribution >= 4 is 22.1 Å². The van der Waals surface area contributed by atoms with E-state index in [4.69, 9.17) is 9.29 Å². The average Bonchev–Trinajstić information content (AvgIpc) is 3.18. The molecule has 1 unspecified atom stereocenters. The highest BCUT2D eigenvalue weighted by atomic mass is 32.2. The Bertz CT molecular complexity index is 1050. The lowest BCUT2D eigenvalue weighted by Crippen LogP contribution is -2.59. The van der Waals surface area contributed by atoms with Crippen LogP contribution in [0.25, 0.3) is 0 Å². The van der Waals surface area contributed by atoms with E-state index >= 15 is 0 Å². The van der Waals surface area contributed by atoms with Crippen molar-refractivity contribution in [1.29, 1.82) is 0 Å². The van der Waals surface area contributed by atoms with E-state index in [2.05, 4.69) is 25.5 Å². The predicted octanol–water partition coefficient (Wildman–Crippen LogP) is 4.99. The Morgan fingerprint density at radius 3 is 2.33 bits per heavy atom. The second-order valence-electron chi connectivity index (χ2n) is 13.3. The third-order valence-corrected chi connectivity index (χ3v) is 12.2. The fourth-order valence-electron chi connectivity index (χ4n) is 9.34. The molecule has 0 saturated heterocycles. The van der Waals surface area contributed by atoms with Gasteiger partial charge in [-0.05, 0) is 98.2 Å². The zero-order chi connectivity index (χ0) is 29.0. The molecular formula is C28H44F2O8S. The number of esters is 2. The Kier molecular flexibility index (Phi) is 8.50. The van der Waals surface area contributed by atoms with Gasteiger partial charge in [0, 0.05) is 19.3 Å². The summed E-state index contributed by atoms with van der Waals surface area (Å²) >= 11 is 0. The maximum absolute atomic E-state index is 13.4. The van der Waals surface area contributed by atoms with Gasteiger partial charge < -0.3 is 14.6 Å². The molecule has 0 heterocycles. The van der Waals surface area contributed by atoms with E-state index in [0.717, 1.165) is 51.4 Å². The van der Waals surface area contributed by atoms with E-state index in [1.54, 1.807) is 0 Å². The number of hydrogen-bond donors (Lipinski definition) is 2. The summed E-state index contributed by atoms with van der Waals surface area (Å²) < 4.78 is 67.4. The Balaban J connectivity index is 1.45. The van der Waals surface area contributed by atoms with E-state index in [0.29, 0.717) is 30.1 Å². The Morgan fingerprint density at radius 2 is 1.69 bits per heavy atom. The molecular weight excluding hydrogens is 534 g/mol. The number of carbonyl (C=O) groups is 2. The number of hydrogen-bond acceptors (Lipinski definition) is 7. The highest BCUT2D eigenvalue weighted by Gasteiger charge is 2.63.